The minimum Gasteiger partial charge on any atom is -0.464 e. The molecule has 0 unspecified atom stereocenters. The monoisotopic (exact) mass is 298 g/mol. The highest BCUT2D eigenvalue weighted by Crippen LogP contribution is 2.20. The van der Waals surface area contributed by atoms with Crippen LogP contribution >= 0.6 is 0 Å². The summed E-state index contributed by atoms with van der Waals surface area (Å²) in [4.78, 5) is 0.175. The number of furan rings is 1. The van der Waals surface area contributed by atoms with E-state index in [1.54, 1.807) is 25.4 Å². The molecular weight excluding hydrogens is 280 g/mol. The van der Waals surface area contributed by atoms with E-state index in [4.69, 9.17) is 4.42 Å². The number of sulfonamides is 1. The van der Waals surface area contributed by atoms with Crippen LogP contribution in [0.25, 0.3) is 0 Å². The van der Waals surface area contributed by atoms with Crippen molar-refractivity contribution in [3.63, 3.8) is 0 Å². The zero-order chi connectivity index (χ0) is 14.6. The van der Waals surface area contributed by atoms with Crippen molar-refractivity contribution in [3.8, 4) is 0 Å². The smallest absolute Gasteiger partial charge is 0.244 e. The molecule has 20 heavy (non-hydrogen) atoms. The fraction of sp³-hybridized carbons (Fsp3) is 0.417. The van der Waals surface area contributed by atoms with Crippen LogP contribution in [0.5, 0.6) is 0 Å². The average Bonchev–Trinajstić information content (AvgIpc) is 3.03. The third kappa shape index (κ3) is 3.47. The van der Waals surface area contributed by atoms with Crippen molar-refractivity contribution in [2.45, 2.75) is 31.8 Å². The molecule has 2 heterocycles. The first-order chi connectivity index (χ1) is 9.53. The van der Waals surface area contributed by atoms with E-state index < -0.39 is 10.0 Å². The van der Waals surface area contributed by atoms with Crippen LogP contribution in [0.4, 0.5) is 0 Å². The maximum atomic E-state index is 12.2. The average molecular weight is 298 g/mol. The van der Waals surface area contributed by atoms with E-state index in [1.807, 2.05) is 6.92 Å². The van der Waals surface area contributed by atoms with E-state index in [0.717, 1.165) is 12.1 Å². The molecule has 0 aromatic carbocycles. The molecule has 0 saturated heterocycles. The van der Waals surface area contributed by atoms with Gasteiger partial charge in [-0.15, -0.1) is 0 Å². The zero-order valence-electron chi connectivity index (χ0n) is 11.4. The number of H-pyrrole nitrogens is 1. The predicted octanol–water partition coefficient (Wildman–Crippen LogP) is 0.899. The fourth-order valence-corrected chi connectivity index (χ4v) is 2.98. The number of aromatic amines is 1. The molecule has 0 aliphatic heterocycles. The molecule has 2 aromatic heterocycles. The molecule has 7 nitrogen and oxygen atoms in total. The molecule has 0 aliphatic carbocycles. The maximum absolute atomic E-state index is 12.2. The van der Waals surface area contributed by atoms with E-state index in [0.29, 0.717) is 18.1 Å². The summed E-state index contributed by atoms with van der Waals surface area (Å²) in [7, 11) is -3.58. The lowest BCUT2D eigenvalue weighted by Gasteiger charge is -2.03. The Balaban J connectivity index is 2.10. The summed E-state index contributed by atoms with van der Waals surface area (Å²) in [6.45, 7) is 5.10. The quantitative estimate of drug-likeness (QED) is 0.705. The van der Waals surface area contributed by atoms with Crippen molar-refractivity contribution >= 4 is 10.0 Å². The van der Waals surface area contributed by atoms with Gasteiger partial charge in [0.25, 0.3) is 0 Å². The van der Waals surface area contributed by atoms with Gasteiger partial charge in [0.1, 0.15) is 16.4 Å². The van der Waals surface area contributed by atoms with Gasteiger partial charge in [-0.25, -0.2) is 13.1 Å². The van der Waals surface area contributed by atoms with E-state index in [9.17, 15) is 8.42 Å². The Morgan fingerprint density at radius 1 is 1.40 bits per heavy atom. The number of hydrogen-bond donors (Lipinski definition) is 3. The third-order valence-corrected chi connectivity index (χ3v) is 4.29. The second kappa shape index (κ2) is 6.21. The standard InChI is InChI=1S/C12H18N4O3S/c1-3-13-8-11-4-12(9(2)19-11)20(17,18)16-7-10-5-14-15-6-10/h4-6,13,16H,3,7-8H2,1-2H3,(H,14,15). The van der Waals surface area contributed by atoms with Crippen LogP contribution in [-0.4, -0.2) is 25.2 Å². The van der Waals surface area contributed by atoms with E-state index in [1.165, 1.54) is 0 Å². The summed E-state index contributed by atoms with van der Waals surface area (Å²) in [5, 5.41) is 9.49. The van der Waals surface area contributed by atoms with Crippen LogP contribution in [0, 0.1) is 6.92 Å². The Morgan fingerprint density at radius 2 is 2.20 bits per heavy atom. The number of rotatable bonds is 7. The Hall–Kier alpha value is -1.64. The van der Waals surface area contributed by atoms with Gasteiger partial charge in [-0.2, -0.15) is 5.10 Å². The molecular formula is C12H18N4O3S. The SMILES string of the molecule is CCNCc1cc(S(=O)(=O)NCc2cn[nH]c2)c(C)o1. The second-order valence-corrected chi connectivity index (χ2v) is 6.08. The van der Waals surface area contributed by atoms with Gasteiger partial charge in [-0.3, -0.25) is 5.10 Å². The van der Waals surface area contributed by atoms with Gasteiger partial charge < -0.3 is 9.73 Å². The molecule has 0 radical (unpaired) electrons. The number of nitrogens with one attached hydrogen (secondary N) is 3. The van der Waals surface area contributed by atoms with Gasteiger partial charge in [0.15, 0.2) is 0 Å². The fourth-order valence-electron chi connectivity index (χ4n) is 1.76. The van der Waals surface area contributed by atoms with Gasteiger partial charge in [-0.1, -0.05) is 6.92 Å². The largest absolute Gasteiger partial charge is 0.464 e. The van der Waals surface area contributed by atoms with Gasteiger partial charge in [-0.05, 0) is 13.5 Å². The highest BCUT2D eigenvalue weighted by Gasteiger charge is 2.21. The third-order valence-electron chi connectivity index (χ3n) is 2.78. The molecule has 0 aliphatic rings. The molecule has 2 rings (SSSR count). The molecule has 2 aromatic rings. The van der Waals surface area contributed by atoms with E-state index in [-0.39, 0.29) is 11.4 Å². The van der Waals surface area contributed by atoms with Crippen LogP contribution in [0.3, 0.4) is 0 Å². The highest BCUT2D eigenvalue weighted by atomic mass is 32.2. The van der Waals surface area contributed by atoms with Gasteiger partial charge in [0.05, 0.1) is 12.7 Å². The van der Waals surface area contributed by atoms with E-state index >= 15 is 0 Å². The van der Waals surface area contributed by atoms with E-state index in [2.05, 4.69) is 20.2 Å². The lowest BCUT2D eigenvalue weighted by atomic mass is 10.4. The molecule has 0 saturated carbocycles. The minimum atomic E-state index is -3.58. The maximum Gasteiger partial charge on any atom is 0.244 e. The number of aromatic nitrogens is 2. The topological polar surface area (TPSA) is 100 Å². The molecule has 3 N–H and O–H groups in total. The lowest BCUT2D eigenvalue weighted by molar-refractivity contribution is 0.460. The van der Waals surface area contributed by atoms with Crippen molar-refractivity contribution in [1.82, 2.24) is 20.2 Å². The zero-order valence-corrected chi connectivity index (χ0v) is 12.3. The van der Waals surface area contributed by atoms with Crippen LogP contribution in [-0.2, 0) is 23.1 Å². The van der Waals surface area contributed by atoms with Crippen molar-refractivity contribution < 1.29 is 12.8 Å². The predicted molar refractivity (Wildman–Crippen MR) is 73.4 cm³/mol. The first-order valence-corrected chi connectivity index (χ1v) is 7.78. The Labute approximate surface area is 117 Å². The van der Waals surface area contributed by atoms with Crippen molar-refractivity contribution in [2.24, 2.45) is 0 Å². The first kappa shape index (κ1) is 14.8. The Morgan fingerprint density at radius 3 is 2.85 bits per heavy atom. The summed E-state index contributed by atoms with van der Waals surface area (Å²) < 4.78 is 32.4. The van der Waals surface area contributed by atoms with Crippen LogP contribution in [0.1, 0.15) is 24.0 Å². The normalized spacial score (nSPS) is 11.9. The summed E-state index contributed by atoms with van der Waals surface area (Å²) in [6, 6.07) is 1.55. The number of nitrogens with zero attached hydrogens (tertiary/aromatic N) is 1. The molecule has 110 valence electrons. The second-order valence-electron chi connectivity index (χ2n) is 4.34. The van der Waals surface area contributed by atoms with Crippen LogP contribution in [0.15, 0.2) is 27.8 Å². The minimum absolute atomic E-state index is 0.175. The Bertz CT molecular complexity index is 646. The number of aryl methyl sites for hydroxylation is 1. The molecule has 0 amide bonds. The molecule has 0 fully saturated rings. The lowest BCUT2D eigenvalue weighted by Crippen LogP contribution is -2.23. The van der Waals surface area contributed by atoms with Crippen LogP contribution in [0.2, 0.25) is 0 Å². The summed E-state index contributed by atoms with van der Waals surface area (Å²) in [5.74, 6) is 0.991. The molecule has 8 heteroatoms. The van der Waals surface area contributed by atoms with Gasteiger partial charge >= 0.3 is 0 Å². The first-order valence-electron chi connectivity index (χ1n) is 6.30. The summed E-state index contributed by atoms with van der Waals surface area (Å²) in [6.07, 6.45) is 3.21. The Kier molecular flexibility index (Phi) is 4.58. The number of hydrogen-bond acceptors (Lipinski definition) is 5. The van der Waals surface area contributed by atoms with Crippen molar-refractivity contribution in [2.75, 3.05) is 6.54 Å². The van der Waals surface area contributed by atoms with Crippen molar-refractivity contribution in [1.29, 1.82) is 0 Å². The molecule has 0 bridgehead atoms. The van der Waals surface area contributed by atoms with Gasteiger partial charge in [0, 0.05) is 24.4 Å². The summed E-state index contributed by atoms with van der Waals surface area (Å²) in [5.41, 5.74) is 0.766. The van der Waals surface area contributed by atoms with Crippen LogP contribution < -0.4 is 10.0 Å². The summed E-state index contributed by atoms with van der Waals surface area (Å²) >= 11 is 0. The molecule has 0 atom stereocenters. The van der Waals surface area contributed by atoms with Crippen molar-refractivity contribution in [3.05, 3.63) is 35.5 Å². The van der Waals surface area contributed by atoms with Gasteiger partial charge in [0.2, 0.25) is 10.0 Å². The molecule has 0 spiro atoms. The highest BCUT2D eigenvalue weighted by molar-refractivity contribution is 7.89.